The van der Waals surface area contributed by atoms with Crippen LogP contribution in [0.3, 0.4) is 0 Å². The molecule has 0 aliphatic carbocycles. The van der Waals surface area contributed by atoms with Gasteiger partial charge >= 0.3 is 5.97 Å². The molecule has 1 amide bonds. The maximum atomic E-state index is 13.2. The molecule has 4 rings (SSSR count). The van der Waals surface area contributed by atoms with Crippen LogP contribution in [0.15, 0.2) is 36.4 Å². The second-order valence-electron chi connectivity index (χ2n) is 9.03. The highest BCUT2D eigenvalue weighted by Gasteiger charge is 2.23. The molecule has 2 aromatic carbocycles. The molecule has 2 aromatic rings. The number of nitrogens with one attached hydrogen (secondary N) is 1. The fourth-order valence-corrected chi connectivity index (χ4v) is 4.81. The molecule has 0 atom stereocenters. The molecule has 0 unspecified atom stereocenters. The molecule has 2 saturated heterocycles. The van der Waals surface area contributed by atoms with Gasteiger partial charge in [-0.05, 0) is 74.8 Å². The number of carbonyl (C=O) groups excluding carboxylic acids is 1. The van der Waals surface area contributed by atoms with Crippen molar-refractivity contribution in [2.75, 3.05) is 48.3 Å². The third kappa shape index (κ3) is 6.14. The maximum absolute atomic E-state index is 13.2. The molecule has 4 N–H and O–H groups in total. The molecule has 0 aromatic heterocycles. The van der Waals surface area contributed by atoms with E-state index in [2.05, 4.69) is 21.2 Å². The molecule has 0 radical (unpaired) electrons. The van der Waals surface area contributed by atoms with E-state index in [1.807, 2.05) is 6.07 Å². The van der Waals surface area contributed by atoms with Crippen molar-refractivity contribution in [3.63, 3.8) is 0 Å². The Bertz CT molecular complexity index is 984. The number of amides is 1. The Morgan fingerprint density at radius 2 is 1.41 bits per heavy atom. The number of carboxylic acids is 1. The number of benzene rings is 2. The van der Waals surface area contributed by atoms with E-state index in [9.17, 15) is 9.59 Å². The zero-order valence-corrected chi connectivity index (χ0v) is 20.4. The molecule has 8 heteroatoms. The Balaban J connectivity index is 0.00000324. The van der Waals surface area contributed by atoms with Crippen LogP contribution in [-0.2, 0) is 6.42 Å². The average molecular weight is 487 g/mol. The van der Waals surface area contributed by atoms with Gasteiger partial charge in [-0.3, -0.25) is 4.79 Å². The largest absolute Gasteiger partial charge is 0.478 e. The predicted molar refractivity (Wildman–Crippen MR) is 140 cm³/mol. The molecule has 2 aliphatic heterocycles. The van der Waals surface area contributed by atoms with E-state index in [-0.39, 0.29) is 23.9 Å². The first-order valence-corrected chi connectivity index (χ1v) is 12.1. The van der Waals surface area contributed by atoms with Crippen molar-refractivity contribution in [1.29, 1.82) is 0 Å². The monoisotopic (exact) mass is 486 g/mol. The van der Waals surface area contributed by atoms with Gasteiger partial charge in [-0.15, -0.1) is 12.4 Å². The Morgan fingerprint density at radius 3 is 1.97 bits per heavy atom. The summed E-state index contributed by atoms with van der Waals surface area (Å²) in [5.74, 6) is -1.06. The number of hydrogen-bond acceptors (Lipinski definition) is 5. The van der Waals surface area contributed by atoms with Gasteiger partial charge in [0.15, 0.2) is 0 Å². The third-order valence-corrected chi connectivity index (χ3v) is 6.68. The molecular formula is C26H35ClN4O3. The fourth-order valence-electron chi connectivity index (χ4n) is 4.81. The lowest BCUT2D eigenvalue weighted by Gasteiger charge is -2.34. The summed E-state index contributed by atoms with van der Waals surface area (Å²) in [6.45, 7) is 4.41. The maximum Gasteiger partial charge on any atom is 0.335 e. The van der Waals surface area contributed by atoms with Crippen molar-refractivity contribution < 1.29 is 14.7 Å². The molecule has 184 valence electrons. The normalized spacial score (nSPS) is 16.0. The standard InChI is InChI=1S/C26H34N4O3.ClH/c27-22-17-21(25(31)28-12-11-19-7-9-20(10-8-19)26(32)33)23(29-13-3-1-4-14-29)18-24(22)30-15-5-2-6-16-30;/h7-10,17-18H,1-6,11-16,27H2,(H,28,31)(H,32,33);1H. The van der Waals surface area contributed by atoms with Crippen LogP contribution in [0.1, 0.15) is 64.8 Å². The van der Waals surface area contributed by atoms with E-state index < -0.39 is 5.97 Å². The summed E-state index contributed by atoms with van der Waals surface area (Å²) < 4.78 is 0. The highest BCUT2D eigenvalue weighted by atomic mass is 35.5. The Morgan fingerprint density at radius 1 is 0.853 bits per heavy atom. The van der Waals surface area contributed by atoms with Crippen LogP contribution in [0.4, 0.5) is 17.1 Å². The van der Waals surface area contributed by atoms with E-state index in [0.29, 0.717) is 24.2 Å². The zero-order chi connectivity index (χ0) is 23.2. The minimum atomic E-state index is -0.939. The Kier molecular flexibility index (Phi) is 9.05. The number of nitrogen functional groups attached to an aromatic ring is 1. The number of nitrogens with zero attached hydrogens (tertiary/aromatic N) is 2. The number of nitrogens with two attached hydrogens (primary N) is 1. The molecule has 2 heterocycles. The molecule has 2 aliphatic rings. The summed E-state index contributed by atoms with van der Waals surface area (Å²) in [6.07, 6.45) is 7.74. The lowest BCUT2D eigenvalue weighted by atomic mass is 10.0. The van der Waals surface area contributed by atoms with Crippen LogP contribution in [0.2, 0.25) is 0 Å². The van der Waals surface area contributed by atoms with Crippen LogP contribution in [-0.4, -0.2) is 49.7 Å². The quantitative estimate of drug-likeness (QED) is 0.503. The third-order valence-electron chi connectivity index (χ3n) is 6.68. The topological polar surface area (TPSA) is 98.9 Å². The Hall–Kier alpha value is -2.93. The molecule has 7 nitrogen and oxygen atoms in total. The first-order valence-electron chi connectivity index (χ1n) is 12.1. The van der Waals surface area contributed by atoms with Crippen molar-refractivity contribution in [2.45, 2.75) is 44.9 Å². The predicted octanol–water partition coefficient (Wildman–Crippen LogP) is 4.34. The molecule has 0 spiro atoms. The van der Waals surface area contributed by atoms with Gasteiger partial charge in [0.25, 0.3) is 5.91 Å². The second kappa shape index (κ2) is 12.0. The zero-order valence-electron chi connectivity index (χ0n) is 19.6. The number of piperidine rings is 2. The molecule has 34 heavy (non-hydrogen) atoms. The lowest BCUT2D eigenvalue weighted by Crippen LogP contribution is -2.35. The van der Waals surface area contributed by atoms with Crippen LogP contribution >= 0.6 is 12.4 Å². The van der Waals surface area contributed by atoms with Gasteiger partial charge in [-0.2, -0.15) is 0 Å². The van der Waals surface area contributed by atoms with Crippen molar-refractivity contribution in [2.24, 2.45) is 0 Å². The summed E-state index contributed by atoms with van der Waals surface area (Å²) in [7, 11) is 0. The number of anilines is 3. The Labute approximate surface area is 207 Å². The number of halogens is 1. The van der Waals surface area contributed by atoms with E-state index in [1.165, 1.54) is 25.7 Å². The number of hydrogen-bond donors (Lipinski definition) is 3. The van der Waals surface area contributed by atoms with Crippen molar-refractivity contribution in [3.8, 4) is 0 Å². The SMILES string of the molecule is Cl.Nc1cc(C(=O)NCCc2ccc(C(=O)O)cc2)c(N2CCCCC2)cc1N1CCCCC1. The van der Waals surface area contributed by atoms with Crippen LogP contribution in [0.25, 0.3) is 0 Å². The average Bonchev–Trinajstić information content (AvgIpc) is 2.85. The van der Waals surface area contributed by atoms with Crippen LogP contribution in [0, 0.1) is 0 Å². The van der Waals surface area contributed by atoms with Crippen LogP contribution in [0.5, 0.6) is 0 Å². The summed E-state index contributed by atoms with van der Waals surface area (Å²) in [5, 5.41) is 12.1. The van der Waals surface area contributed by atoms with Crippen molar-refractivity contribution in [1.82, 2.24) is 5.32 Å². The number of rotatable bonds is 7. The smallest absolute Gasteiger partial charge is 0.335 e. The second-order valence-corrected chi connectivity index (χ2v) is 9.03. The van der Waals surface area contributed by atoms with Gasteiger partial charge in [0.05, 0.1) is 28.2 Å². The molecule has 2 fully saturated rings. The number of aromatic carboxylic acids is 1. The van der Waals surface area contributed by atoms with E-state index >= 15 is 0 Å². The van der Waals surface area contributed by atoms with Gasteiger partial charge in [0, 0.05) is 32.7 Å². The van der Waals surface area contributed by atoms with E-state index in [4.69, 9.17) is 10.8 Å². The summed E-state index contributed by atoms with van der Waals surface area (Å²) in [4.78, 5) is 28.9. The summed E-state index contributed by atoms with van der Waals surface area (Å²) in [5.41, 5.74) is 11.0. The van der Waals surface area contributed by atoms with Gasteiger partial charge in [0.2, 0.25) is 0 Å². The van der Waals surface area contributed by atoms with Crippen molar-refractivity contribution in [3.05, 3.63) is 53.1 Å². The number of carboxylic acid groups (broad SMARTS) is 1. The van der Waals surface area contributed by atoms with Gasteiger partial charge in [0.1, 0.15) is 0 Å². The first kappa shape index (κ1) is 25.7. The molecular weight excluding hydrogens is 452 g/mol. The fraction of sp³-hybridized carbons (Fsp3) is 0.462. The molecule has 0 saturated carbocycles. The highest BCUT2D eigenvalue weighted by Crippen LogP contribution is 2.35. The lowest BCUT2D eigenvalue weighted by molar-refractivity contribution is 0.0696. The minimum Gasteiger partial charge on any atom is -0.478 e. The summed E-state index contributed by atoms with van der Waals surface area (Å²) in [6, 6.07) is 10.7. The van der Waals surface area contributed by atoms with Crippen LogP contribution < -0.4 is 20.9 Å². The van der Waals surface area contributed by atoms with E-state index in [1.54, 1.807) is 24.3 Å². The summed E-state index contributed by atoms with van der Waals surface area (Å²) >= 11 is 0. The van der Waals surface area contributed by atoms with Crippen molar-refractivity contribution >= 4 is 41.3 Å². The molecule has 0 bridgehead atoms. The minimum absolute atomic E-state index is 0. The first-order chi connectivity index (χ1) is 16.0. The number of carbonyl (C=O) groups is 2. The van der Waals surface area contributed by atoms with E-state index in [0.717, 1.165) is 56.0 Å². The highest BCUT2D eigenvalue weighted by molar-refractivity contribution is 6.02. The van der Waals surface area contributed by atoms with Gasteiger partial charge < -0.3 is 26.0 Å². The van der Waals surface area contributed by atoms with Gasteiger partial charge in [-0.25, -0.2) is 4.79 Å². The van der Waals surface area contributed by atoms with Gasteiger partial charge in [-0.1, -0.05) is 12.1 Å².